The monoisotopic (exact) mass is 243 g/mol. The fourth-order valence-corrected chi connectivity index (χ4v) is 1.79. The summed E-state index contributed by atoms with van der Waals surface area (Å²) in [5, 5.41) is 0.246. The standard InChI is InChI=1S/C12H23O3Si/c1-10(7-8-11(13)14-5)9-15-16(6)12(2,3)4/h7-8,10H,9H2,1-6H3/b8-7+. The molecule has 0 rings (SSSR count). The summed E-state index contributed by atoms with van der Waals surface area (Å²) in [5.74, 6) is -0.0777. The Balaban J connectivity index is 3.94. The van der Waals surface area contributed by atoms with E-state index >= 15 is 0 Å². The molecule has 0 saturated carbocycles. The van der Waals surface area contributed by atoms with Gasteiger partial charge >= 0.3 is 5.97 Å². The zero-order chi connectivity index (χ0) is 12.8. The number of hydrogen-bond acceptors (Lipinski definition) is 3. The van der Waals surface area contributed by atoms with Crippen molar-refractivity contribution in [3.05, 3.63) is 12.2 Å². The molecule has 0 aromatic rings. The van der Waals surface area contributed by atoms with Crippen molar-refractivity contribution in [2.45, 2.75) is 39.3 Å². The Kier molecular flexibility index (Phi) is 6.60. The van der Waals surface area contributed by atoms with Gasteiger partial charge in [0.05, 0.1) is 7.11 Å². The van der Waals surface area contributed by atoms with E-state index in [-0.39, 0.29) is 16.9 Å². The molecule has 0 spiro atoms. The summed E-state index contributed by atoms with van der Waals surface area (Å²) in [6.07, 6.45) is 3.27. The Morgan fingerprint density at radius 1 is 1.44 bits per heavy atom. The van der Waals surface area contributed by atoms with Gasteiger partial charge in [-0.1, -0.05) is 33.8 Å². The number of rotatable bonds is 5. The van der Waals surface area contributed by atoms with Crippen LogP contribution in [0.5, 0.6) is 0 Å². The molecule has 0 saturated heterocycles. The molecular formula is C12H23O3Si. The molecule has 0 fully saturated rings. The fraction of sp³-hybridized carbons (Fsp3) is 0.750. The lowest BCUT2D eigenvalue weighted by Crippen LogP contribution is -2.27. The SMILES string of the molecule is COC(=O)/C=C/C(C)CO[Si](C)C(C)(C)C. The topological polar surface area (TPSA) is 35.5 Å². The molecule has 0 aliphatic heterocycles. The molecule has 0 amide bonds. The number of esters is 1. The molecule has 0 heterocycles. The molecule has 0 aromatic carbocycles. The van der Waals surface area contributed by atoms with Gasteiger partial charge in [0.2, 0.25) is 9.04 Å². The first-order valence-corrected chi connectivity index (χ1v) is 7.41. The Morgan fingerprint density at radius 3 is 2.44 bits per heavy atom. The van der Waals surface area contributed by atoms with Crippen molar-refractivity contribution in [1.82, 2.24) is 0 Å². The second kappa shape index (κ2) is 6.86. The van der Waals surface area contributed by atoms with Crippen LogP contribution in [0.2, 0.25) is 11.6 Å². The molecule has 16 heavy (non-hydrogen) atoms. The van der Waals surface area contributed by atoms with Crippen LogP contribution in [0.4, 0.5) is 0 Å². The molecule has 3 nitrogen and oxygen atoms in total. The minimum atomic E-state index is -0.794. The summed E-state index contributed by atoms with van der Waals surface area (Å²) in [7, 11) is 0.582. The van der Waals surface area contributed by atoms with Crippen LogP contribution >= 0.6 is 0 Å². The van der Waals surface area contributed by atoms with Gasteiger partial charge in [0.15, 0.2) is 0 Å². The smallest absolute Gasteiger partial charge is 0.330 e. The normalized spacial score (nSPS) is 14.4. The van der Waals surface area contributed by atoms with E-state index in [1.54, 1.807) is 0 Å². The molecule has 4 heteroatoms. The molecule has 1 radical (unpaired) electrons. The van der Waals surface area contributed by atoms with Crippen LogP contribution in [0.25, 0.3) is 0 Å². The zero-order valence-electron chi connectivity index (χ0n) is 11.2. The zero-order valence-corrected chi connectivity index (χ0v) is 12.2. The van der Waals surface area contributed by atoms with Crippen LogP contribution in [0, 0.1) is 5.92 Å². The lowest BCUT2D eigenvalue weighted by atomic mass is 10.2. The maximum absolute atomic E-state index is 10.9. The van der Waals surface area contributed by atoms with Crippen molar-refractivity contribution in [3.63, 3.8) is 0 Å². The number of hydrogen-bond donors (Lipinski definition) is 0. The maximum Gasteiger partial charge on any atom is 0.330 e. The second-order valence-corrected chi connectivity index (χ2v) is 7.88. The molecular weight excluding hydrogens is 220 g/mol. The first kappa shape index (κ1) is 15.4. The van der Waals surface area contributed by atoms with Gasteiger partial charge in [0.25, 0.3) is 0 Å². The van der Waals surface area contributed by atoms with Crippen molar-refractivity contribution in [2.75, 3.05) is 13.7 Å². The number of methoxy groups -OCH3 is 1. The van der Waals surface area contributed by atoms with Gasteiger partial charge < -0.3 is 9.16 Å². The van der Waals surface area contributed by atoms with E-state index in [1.165, 1.54) is 13.2 Å². The van der Waals surface area contributed by atoms with Crippen LogP contribution < -0.4 is 0 Å². The van der Waals surface area contributed by atoms with Crippen LogP contribution in [-0.2, 0) is 14.0 Å². The molecule has 0 bridgehead atoms. The predicted octanol–water partition coefficient (Wildman–Crippen LogP) is 2.79. The van der Waals surface area contributed by atoms with Gasteiger partial charge in [-0.15, -0.1) is 0 Å². The van der Waals surface area contributed by atoms with E-state index in [4.69, 9.17) is 4.43 Å². The fourth-order valence-electron chi connectivity index (χ4n) is 0.839. The van der Waals surface area contributed by atoms with E-state index < -0.39 is 9.04 Å². The van der Waals surface area contributed by atoms with E-state index in [9.17, 15) is 4.79 Å². The van der Waals surface area contributed by atoms with E-state index in [0.29, 0.717) is 6.61 Å². The van der Waals surface area contributed by atoms with E-state index in [1.807, 2.05) is 13.0 Å². The Labute approximate surface area is 101 Å². The third kappa shape index (κ3) is 6.79. The lowest BCUT2D eigenvalue weighted by molar-refractivity contribution is -0.134. The highest BCUT2D eigenvalue weighted by molar-refractivity contribution is 6.53. The summed E-state index contributed by atoms with van der Waals surface area (Å²) in [6, 6.07) is 0. The molecule has 0 aromatic heterocycles. The molecule has 0 N–H and O–H groups in total. The third-order valence-electron chi connectivity index (χ3n) is 2.38. The molecule has 0 aliphatic carbocycles. The first-order valence-electron chi connectivity index (χ1n) is 5.50. The predicted molar refractivity (Wildman–Crippen MR) is 67.6 cm³/mol. The number of carbonyl (C=O) groups is 1. The van der Waals surface area contributed by atoms with Crippen molar-refractivity contribution >= 4 is 15.0 Å². The minimum Gasteiger partial charge on any atom is -0.466 e. The summed E-state index contributed by atoms with van der Waals surface area (Å²) >= 11 is 0. The third-order valence-corrected chi connectivity index (χ3v) is 5.09. The van der Waals surface area contributed by atoms with Gasteiger partial charge in [0, 0.05) is 12.7 Å². The minimum absolute atomic E-state index is 0.237. The summed E-state index contributed by atoms with van der Waals surface area (Å²) < 4.78 is 10.4. The van der Waals surface area contributed by atoms with Crippen LogP contribution in [0.3, 0.4) is 0 Å². The van der Waals surface area contributed by atoms with Crippen molar-refractivity contribution in [2.24, 2.45) is 5.92 Å². The Bertz CT molecular complexity index is 243. The van der Waals surface area contributed by atoms with Gasteiger partial charge in [-0.3, -0.25) is 0 Å². The molecule has 0 aliphatic rings. The van der Waals surface area contributed by atoms with Gasteiger partial charge in [-0.2, -0.15) is 0 Å². The highest BCUT2D eigenvalue weighted by Gasteiger charge is 2.24. The van der Waals surface area contributed by atoms with Crippen LogP contribution in [0.15, 0.2) is 12.2 Å². The average Bonchev–Trinajstić information content (AvgIpc) is 2.20. The van der Waals surface area contributed by atoms with E-state index in [2.05, 4.69) is 32.1 Å². The lowest BCUT2D eigenvalue weighted by Gasteiger charge is -2.25. The van der Waals surface area contributed by atoms with Crippen molar-refractivity contribution in [1.29, 1.82) is 0 Å². The Hall–Kier alpha value is -0.613. The second-order valence-electron chi connectivity index (χ2n) is 4.98. The summed E-state index contributed by atoms with van der Waals surface area (Å²) in [5.41, 5.74) is 0. The largest absolute Gasteiger partial charge is 0.466 e. The summed E-state index contributed by atoms with van der Waals surface area (Å²) in [6.45, 7) is 11.4. The van der Waals surface area contributed by atoms with Crippen molar-refractivity contribution in [3.8, 4) is 0 Å². The molecule has 1 atom stereocenters. The van der Waals surface area contributed by atoms with Crippen LogP contribution in [0.1, 0.15) is 27.7 Å². The number of carbonyl (C=O) groups excluding carboxylic acids is 1. The average molecular weight is 243 g/mol. The van der Waals surface area contributed by atoms with Gasteiger partial charge in [-0.05, 0) is 17.5 Å². The van der Waals surface area contributed by atoms with Crippen LogP contribution in [-0.4, -0.2) is 28.7 Å². The van der Waals surface area contributed by atoms with Gasteiger partial charge in [-0.25, -0.2) is 4.79 Å². The Morgan fingerprint density at radius 2 is 2.00 bits per heavy atom. The summed E-state index contributed by atoms with van der Waals surface area (Å²) in [4.78, 5) is 10.9. The first-order chi connectivity index (χ1) is 7.27. The van der Waals surface area contributed by atoms with E-state index in [0.717, 1.165) is 0 Å². The quantitative estimate of drug-likeness (QED) is 0.423. The van der Waals surface area contributed by atoms with Crippen molar-refractivity contribution < 1.29 is 14.0 Å². The maximum atomic E-state index is 10.9. The highest BCUT2D eigenvalue weighted by Crippen LogP contribution is 2.27. The van der Waals surface area contributed by atoms with Gasteiger partial charge in [0.1, 0.15) is 0 Å². The highest BCUT2D eigenvalue weighted by atomic mass is 28.3. The number of ether oxygens (including phenoxy) is 1. The molecule has 1 unspecified atom stereocenters. The molecule has 93 valence electrons.